The van der Waals surface area contributed by atoms with Crippen LogP contribution in [0.15, 0.2) is 60.7 Å². The van der Waals surface area contributed by atoms with Crippen molar-refractivity contribution in [3.63, 3.8) is 0 Å². The van der Waals surface area contributed by atoms with Crippen molar-refractivity contribution in [3.8, 4) is 11.8 Å². The largest absolute Gasteiger partial charge is 0.462 e. The molecule has 1 unspecified atom stereocenters. The summed E-state index contributed by atoms with van der Waals surface area (Å²) in [4.78, 5) is 51.7. The SMILES string of the molecule is O=C(CCCC(=O)N1Cc2ccccc2C#Cc2ccccc21)NCCOCCOCCOCCOCCOCCOCCOCCOCCOCCOCCOCCOCCOCCOCCOCCOCCOCCOCCOCCOCCOCCOCCOCCOCCC(=O)NCCOCCOCCOCCCC(=O)OC1CC/C=C/CCC1. The highest BCUT2D eigenvalue weighted by Gasteiger charge is 2.22. The van der Waals surface area contributed by atoms with E-state index < -0.39 is 0 Å². The normalized spacial score (nSPS) is 13.5. The molecule has 35 nitrogen and oxygen atoms in total. The zero-order chi connectivity index (χ0) is 87.6. The topological polar surface area (TPSA) is 354 Å². The van der Waals surface area contributed by atoms with Gasteiger partial charge in [0.25, 0.3) is 0 Å². The van der Waals surface area contributed by atoms with Crippen LogP contribution in [0.2, 0.25) is 0 Å². The van der Waals surface area contributed by atoms with Crippen LogP contribution in [0, 0.1) is 11.8 Å². The summed E-state index contributed by atoms with van der Waals surface area (Å²) in [5, 5.41) is 5.66. The van der Waals surface area contributed by atoms with E-state index in [9.17, 15) is 19.2 Å². The number of hydrogen-bond acceptors (Lipinski definition) is 32. The van der Waals surface area contributed by atoms with Gasteiger partial charge in [-0.2, -0.15) is 0 Å². The molecular weight excluding hydrogens is 1620 g/mol. The highest BCUT2D eigenvalue weighted by Crippen LogP contribution is 2.27. The molecule has 35 heteroatoms. The Kier molecular flexibility index (Phi) is 78.9. The first-order chi connectivity index (χ1) is 61.5. The monoisotopic (exact) mass is 1770 g/mol. The summed E-state index contributed by atoms with van der Waals surface area (Å²) in [5.41, 5.74) is 3.50. The van der Waals surface area contributed by atoms with Gasteiger partial charge in [-0.15, -0.1) is 0 Å². The van der Waals surface area contributed by atoms with Gasteiger partial charge in [-0.3, -0.25) is 19.2 Å². The maximum absolute atomic E-state index is 13.4. The van der Waals surface area contributed by atoms with E-state index in [4.69, 9.17) is 133 Å². The Labute approximate surface area is 736 Å². The maximum Gasteiger partial charge on any atom is 0.306 e. The predicted molar refractivity (Wildman–Crippen MR) is 458 cm³/mol. The summed E-state index contributed by atoms with van der Waals surface area (Å²) in [6, 6.07) is 15.5. The van der Waals surface area contributed by atoms with Gasteiger partial charge in [0.05, 0.1) is 362 Å². The summed E-state index contributed by atoms with van der Waals surface area (Å²) in [7, 11) is 0. The first-order valence-electron chi connectivity index (χ1n) is 44.5. The second-order valence-corrected chi connectivity index (χ2v) is 27.4. The zero-order valence-electron chi connectivity index (χ0n) is 73.9. The molecule has 1 aliphatic carbocycles. The lowest BCUT2D eigenvalue weighted by molar-refractivity contribution is -0.150. The Morgan fingerprint density at radius 2 is 0.565 bits per heavy atom. The average Bonchev–Trinajstić information content (AvgIpc) is 0.804. The van der Waals surface area contributed by atoms with Gasteiger partial charge in [0.2, 0.25) is 17.7 Å². The number of allylic oxidation sites excluding steroid dienone is 2. The van der Waals surface area contributed by atoms with Gasteiger partial charge in [0, 0.05) is 56.5 Å². The molecule has 2 aliphatic rings. The molecule has 2 N–H and O–H groups in total. The van der Waals surface area contributed by atoms with Crippen molar-refractivity contribution >= 4 is 29.4 Å². The van der Waals surface area contributed by atoms with E-state index in [-0.39, 0.29) is 49.1 Å². The number of esters is 1. The van der Waals surface area contributed by atoms with Gasteiger partial charge < -0.3 is 148 Å². The summed E-state index contributed by atoms with van der Waals surface area (Å²) in [5.74, 6) is 6.03. The Bertz CT molecular complexity index is 2850. The quantitative estimate of drug-likeness (QED) is 0.0363. The third kappa shape index (κ3) is 71.5. The fraction of sp³-hybridized carbons (Fsp3) is 0.775. The molecule has 1 atom stereocenters. The number of nitrogens with one attached hydrogen (secondary N) is 2. The van der Waals surface area contributed by atoms with Crippen LogP contribution in [-0.2, 0) is 158 Å². The van der Waals surface area contributed by atoms with Crippen molar-refractivity contribution in [1.29, 1.82) is 0 Å². The lowest BCUT2D eigenvalue weighted by atomic mass is 10.0. The number of fused-ring (bicyclic) bond motifs is 2. The number of anilines is 1. The minimum absolute atomic E-state index is 0.0302. The second kappa shape index (κ2) is 88.2. The van der Waals surface area contributed by atoms with E-state index >= 15 is 0 Å². The Morgan fingerprint density at radius 1 is 0.282 bits per heavy atom. The molecule has 1 heterocycles. The van der Waals surface area contributed by atoms with Crippen molar-refractivity contribution in [2.24, 2.45) is 0 Å². The minimum atomic E-state index is -0.149. The van der Waals surface area contributed by atoms with Crippen LogP contribution in [0.5, 0.6) is 0 Å². The molecule has 0 spiro atoms. The van der Waals surface area contributed by atoms with E-state index in [2.05, 4.69) is 34.6 Å². The van der Waals surface area contributed by atoms with Crippen LogP contribution in [0.4, 0.5) is 5.69 Å². The van der Waals surface area contributed by atoms with Crippen LogP contribution in [0.25, 0.3) is 0 Å². The lowest BCUT2D eigenvalue weighted by Crippen LogP contribution is -2.32. The zero-order valence-corrected chi connectivity index (χ0v) is 73.9. The van der Waals surface area contributed by atoms with Gasteiger partial charge in [-0.1, -0.05) is 54.3 Å². The van der Waals surface area contributed by atoms with Gasteiger partial charge in [-0.25, -0.2) is 0 Å². The van der Waals surface area contributed by atoms with Crippen LogP contribution in [0.3, 0.4) is 0 Å². The van der Waals surface area contributed by atoms with Gasteiger partial charge in [-0.05, 0) is 68.7 Å². The van der Waals surface area contributed by atoms with Crippen molar-refractivity contribution in [2.45, 2.75) is 83.3 Å². The Hall–Kier alpha value is -5.46. The molecule has 124 heavy (non-hydrogen) atoms. The van der Waals surface area contributed by atoms with E-state index in [0.717, 1.165) is 54.5 Å². The Morgan fingerprint density at radius 3 is 0.919 bits per heavy atom. The molecule has 2 aromatic rings. The highest BCUT2D eigenvalue weighted by atomic mass is 16.6. The predicted octanol–water partition coefficient (Wildman–Crippen LogP) is 5.39. The Balaban J connectivity index is 0.690. The molecule has 0 aromatic heterocycles. The number of carbonyl (C=O) groups is 4. The molecule has 1 aliphatic heterocycles. The van der Waals surface area contributed by atoms with Gasteiger partial charge in [0.15, 0.2) is 0 Å². The van der Waals surface area contributed by atoms with Crippen molar-refractivity contribution in [3.05, 3.63) is 77.4 Å². The summed E-state index contributed by atoms with van der Waals surface area (Å²) in [6.45, 7) is 25.5. The first-order valence-corrected chi connectivity index (χ1v) is 44.5. The maximum atomic E-state index is 13.4. The number of benzene rings is 2. The van der Waals surface area contributed by atoms with E-state index in [1.807, 2.05) is 48.5 Å². The van der Waals surface area contributed by atoms with Crippen LogP contribution < -0.4 is 15.5 Å². The number of nitrogens with zero attached hydrogens (tertiary/aromatic N) is 1. The fourth-order valence-electron chi connectivity index (χ4n) is 11.1. The molecule has 0 saturated heterocycles. The fourth-order valence-corrected chi connectivity index (χ4v) is 11.1. The third-order valence-electron chi connectivity index (χ3n) is 17.6. The molecular formula is C89H149N3O32. The molecule has 3 amide bonds. The van der Waals surface area contributed by atoms with Gasteiger partial charge >= 0.3 is 5.97 Å². The first kappa shape index (κ1) is 111. The van der Waals surface area contributed by atoms with E-state index in [1.165, 1.54) is 0 Å². The number of carbonyl (C=O) groups excluding carboxylic acids is 4. The molecule has 2 aromatic carbocycles. The number of hydrogen-bond donors (Lipinski definition) is 2. The number of ether oxygens (including phenoxy) is 28. The number of rotatable bonds is 93. The lowest BCUT2D eigenvalue weighted by Gasteiger charge is -2.26. The number of amides is 3. The molecule has 0 bridgehead atoms. The van der Waals surface area contributed by atoms with Crippen LogP contribution >= 0.6 is 0 Å². The molecule has 0 saturated carbocycles. The molecule has 0 radical (unpaired) electrons. The van der Waals surface area contributed by atoms with Crippen molar-refractivity contribution in [2.75, 3.05) is 375 Å². The standard InChI is InChI=1S/C89H149N3O32/c93-86(18-10-19-88(95)92-80-83-14-7-6-12-81(83)21-22-82-13-8-9-17-85(82)92)90-24-28-99-33-37-103-39-41-105-43-45-107-47-49-109-51-53-111-55-57-113-59-61-115-63-65-117-67-69-119-71-73-121-75-77-123-79-78-122-76-74-120-72-70-118-68-66-116-64-62-114-60-58-112-56-54-110-52-50-108-48-46-106-44-42-104-40-38-102-35-31-98-27-23-87(94)91-25-29-100-32-36-101-34-30-97-26-11-20-89(96)124-84-15-4-2-1-3-5-16-84/h1-2,6-9,12-14,17,84H,3-5,10-11,15-16,18-20,23-80H2,(H,90,93)(H,91,94)/b2-1+. The van der Waals surface area contributed by atoms with Crippen LogP contribution in [0.1, 0.15) is 87.3 Å². The summed E-state index contributed by atoms with van der Waals surface area (Å²) in [6.07, 6.45) is 11.5. The summed E-state index contributed by atoms with van der Waals surface area (Å²) >= 11 is 0. The molecule has 4 rings (SSSR count). The van der Waals surface area contributed by atoms with E-state index in [0.29, 0.717) is 396 Å². The molecule has 712 valence electrons. The van der Waals surface area contributed by atoms with Crippen LogP contribution in [-0.4, -0.2) is 400 Å². The van der Waals surface area contributed by atoms with Gasteiger partial charge in [0.1, 0.15) is 6.10 Å². The smallest absolute Gasteiger partial charge is 0.306 e. The van der Waals surface area contributed by atoms with Crippen molar-refractivity contribution < 1.29 is 152 Å². The average molecular weight is 1770 g/mol. The number of para-hydroxylation sites is 1. The highest BCUT2D eigenvalue weighted by molar-refractivity contribution is 5.95. The second-order valence-electron chi connectivity index (χ2n) is 27.4. The molecule has 0 fully saturated rings. The van der Waals surface area contributed by atoms with Crippen molar-refractivity contribution in [1.82, 2.24) is 10.6 Å². The third-order valence-corrected chi connectivity index (χ3v) is 17.6. The minimum Gasteiger partial charge on any atom is -0.462 e. The van der Waals surface area contributed by atoms with E-state index in [1.54, 1.807) is 4.90 Å². The summed E-state index contributed by atoms with van der Waals surface area (Å²) < 4.78 is 155.